The lowest BCUT2D eigenvalue weighted by Gasteiger charge is -2.12. The molecule has 1 heterocycles. The number of carbonyl (C=O) groups is 1. The molecule has 0 atom stereocenters. The summed E-state index contributed by atoms with van der Waals surface area (Å²) < 4.78 is 23.6. The summed E-state index contributed by atoms with van der Waals surface area (Å²) in [6.45, 7) is 3.08. The van der Waals surface area contributed by atoms with Crippen LogP contribution in [0.4, 0.5) is 5.69 Å². The van der Waals surface area contributed by atoms with Crippen LogP contribution in [0.15, 0.2) is 30.6 Å². The topological polar surface area (TPSA) is 76.1 Å². The van der Waals surface area contributed by atoms with E-state index in [-0.39, 0.29) is 0 Å². The summed E-state index contributed by atoms with van der Waals surface area (Å²) in [6.07, 6.45) is 3.23. The van der Waals surface area contributed by atoms with Crippen LogP contribution in [0.3, 0.4) is 0 Å². The lowest BCUT2D eigenvalue weighted by molar-refractivity contribution is -0.113. The van der Waals surface area contributed by atoms with Gasteiger partial charge >= 0.3 is 0 Å². The number of sulfone groups is 1. The van der Waals surface area contributed by atoms with Gasteiger partial charge < -0.3 is 5.32 Å². The summed E-state index contributed by atoms with van der Waals surface area (Å²) in [6, 6.07) is 5.14. The molecular formula is C14H15ClN2O3S. The first-order valence-corrected chi connectivity index (χ1v) is 8.44. The van der Waals surface area contributed by atoms with Crippen LogP contribution >= 0.6 is 11.6 Å². The molecule has 0 fully saturated rings. The largest absolute Gasteiger partial charge is 0.323 e. The Morgan fingerprint density at radius 2 is 2.05 bits per heavy atom. The zero-order valence-electron chi connectivity index (χ0n) is 11.6. The van der Waals surface area contributed by atoms with Crippen LogP contribution in [0.2, 0.25) is 5.02 Å². The van der Waals surface area contributed by atoms with Crippen molar-refractivity contribution in [3.8, 4) is 0 Å². The maximum Gasteiger partial charge on any atom is 0.239 e. The number of anilines is 1. The number of pyridine rings is 1. The minimum Gasteiger partial charge on any atom is -0.323 e. The summed E-state index contributed by atoms with van der Waals surface area (Å²) in [5, 5.41) is 3.86. The molecule has 0 saturated carbocycles. The van der Waals surface area contributed by atoms with Gasteiger partial charge in [-0.05, 0) is 26.0 Å². The number of nitrogens with zero attached hydrogens (tertiary/aromatic N) is 1. The van der Waals surface area contributed by atoms with E-state index in [2.05, 4.69) is 10.3 Å². The van der Waals surface area contributed by atoms with Gasteiger partial charge in [0.1, 0.15) is 5.75 Å². The number of carbonyl (C=O) groups excluding carboxylic acids is 1. The highest BCUT2D eigenvalue weighted by atomic mass is 35.5. The van der Waals surface area contributed by atoms with Crippen LogP contribution in [0, 0.1) is 0 Å². The molecule has 0 aliphatic rings. The first-order chi connectivity index (χ1) is 9.81. The SMILES string of the molecule is CC(C)S(=O)(=O)CC(=O)Nc1c(Cl)ccc2cnccc12. The van der Waals surface area contributed by atoms with E-state index in [0.717, 1.165) is 5.39 Å². The number of hydrogen-bond acceptors (Lipinski definition) is 4. The molecule has 0 aliphatic carbocycles. The number of halogens is 1. The van der Waals surface area contributed by atoms with Gasteiger partial charge in [-0.2, -0.15) is 0 Å². The molecule has 0 radical (unpaired) electrons. The standard InChI is InChI=1S/C14H15ClN2O3S/c1-9(2)21(19,20)8-13(18)17-14-11-5-6-16-7-10(11)3-4-12(14)15/h3-7,9H,8H2,1-2H3,(H,17,18). The van der Waals surface area contributed by atoms with E-state index in [1.54, 1.807) is 44.4 Å². The molecule has 21 heavy (non-hydrogen) atoms. The Morgan fingerprint density at radius 3 is 2.71 bits per heavy atom. The Morgan fingerprint density at radius 1 is 1.33 bits per heavy atom. The molecule has 112 valence electrons. The van der Waals surface area contributed by atoms with E-state index < -0.39 is 26.7 Å². The Labute approximate surface area is 128 Å². The van der Waals surface area contributed by atoms with Gasteiger partial charge in [0.2, 0.25) is 5.91 Å². The monoisotopic (exact) mass is 326 g/mol. The molecule has 1 aromatic heterocycles. The first kappa shape index (κ1) is 15.7. The number of aromatic nitrogens is 1. The molecule has 0 spiro atoms. The molecule has 0 aliphatic heterocycles. The third-order valence-electron chi connectivity index (χ3n) is 3.08. The molecule has 1 N–H and O–H groups in total. The van der Waals surface area contributed by atoms with E-state index in [1.807, 2.05) is 0 Å². The maximum absolute atomic E-state index is 12.0. The molecule has 0 bridgehead atoms. The van der Waals surface area contributed by atoms with Gasteiger partial charge in [-0.3, -0.25) is 9.78 Å². The number of fused-ring (bicyclic) bond motifs is 1. The molecule has 2 aromatic rings. The fourth-order valence-electron chi connectivity index (χ4n) is 1.79. The Hall–Kier alpha value is -1.66. The highest BCUT2D eigenvalue weighted by Gasteiger charge is 2.21. The summed E-state index contributed by atoms with van der Waals surface area (Å²) in [5.41, 5.74) is 0.403. The second-order valence-corrected chi connectivity index (χ2v) is 7.89. The Kier molecular flexibility index (Phi) is 4.49. The van der Waals surface area contributed by atoms with Crippen LogP contribution in [0.1, 0.15) is 13.8 Å². The molecule has 7 heteroatoms. The van der Waals surface area contributed by atoms with Gasteiger partial charge in [-0.1, -0.05) is 17.7 Å². The number of rotatable bonds is 4. The summed E-state index contributed by atoms with van der Waals surface area (Å²) in [4.78, 5) is 16.0. The lowest BCUT2D eigenvalue weighted by atomic mass is 10.1. The molecular weight excluding hydrogens is 312 g/mol. The van der Waals surface area contributed by atoms with Gasteiger partial charge in [-0.15, -0.1) is 0 Å². The van der Waals surface area contributed by atoms with Crippen molar-refractivity contribution in [2.24, 2.45) is 0 Å². The van der Waals surface area contributed by atoms with E-state index in [4.69, 9.17) is 11.6 Å². The smallest absolute Gasteiger partial charge is 0.239 e. The van der Waals surface area contributed by atoms with Crippen molar-refractivity contribution in [3.63, 3.8) is 0 Å². The zero-order valence-corrected chi connectivity index (χ0v) is 13.2. The van der Waals surface area contributed by atoms with Gasteiger partial charge in [-0.25, -0.2) is 8.42 Å². The quantitative estimate of drug-likeness (QED) is 0.937. The van der Waals surface area contributed by atoms with E-state index in [1.165, 1.54) is 0 Å². The fraction of sp³-hybridized carbons (Fsp3) is 0.286. The van der Waals surface area contributed by atoms with E-state index in [0.29, 0.717) is 16.1 Å². The van der Waals surface area contributed by atoms with Gasteiger partial charge in [0.05, 0.1) is 16.0 Å². The number of hydrogen-bond donors (Lipinski definition) is 1. The van der Waals surface area contributed by atoms with Gasteiger partial charge in [0.25, 0.3) is 0 Å². The fourth-order valence-corrected chi connectivity index (χ4v) is 2.78. The minimum absolute atomic E-state index is 0.351. The van der Waals surface area contributed by atoms with Crippen molar-refractivity contribution in [3.05, 3.63) is 35.6 Å². The number of amides is 1. The van der Waals surface area contributed by atoms with Crippen molar-refractivity contribution in [1.29, 1.82) is 0 Å². The van der Waals surface area contributed by atoms with Crippen LogP contribution in [-0.4, -0.2) is 30.3 Å². The molecule has 1 aromatic carbocycles. The van der Waals surface area contributed by atoms with Gasteiger partial charge in [0, 0.05) is 23.2 Å². The second-order valence-electron chi connectivity index (χ2n) is 4.92. The average Bonchev–Trinajstić information content (AvgIpc) is 2.41. The predicted octanol–water partition coefficient (Wildman–Crippen LogP) is 2.65. The minimum atomic E-state index is -3.45. The summed E-state index contributed by atoms with van der Waals surface area (Å²) in [5.74, 6) is -1.17. The highest BCUT2D eigenvalue weighted by Crippen LogP contribution is 2.30. The number of benzene rings is 1. The third-order valence-corrected chi connectivity index (χ3v) is 5.50. The number of nitrogens with one attached hydrogen (secondary N) is 1. The summed E-state index contributed by atoms with van der Waals surface area (Å²) >= 11 is 6.10. The van der Waals surface area contributed by atoms with Crippen LogP contribution in [-0.2, 0) is 14.6 Å². The average molecular weight is 327 g/mol. The van der Waals surface area contributed by atoms with Crippen molar-refractivity contribution in [2.45, 2.75) is 19.1 Å². The predicted molar refractivity (Wildman–Crippen MR) is 84.3 cm³/mol. The lowest BCUT2D eigenvalue weighted by Crippen LogP contribution is -2.28. The molecule has 1 amide bonds. The van der Waals surface area contributed by atoms with E-state index >= 15 is 0 Å². The van der Waals surface area contributed by atoms with Crippen LogP contribution in [0.25, 0.3) is 10.8 Å². The Balaban J connectivity index is 2.32. The zero-order chi connectivity index (χ0) is 15.6. The maximum atomic E-state index is 12.0. The third kappa shape index (κ3) is 3.51. The molecule has 5 nitrogen and oxygen atoms in total. The van der Waals surface area contributed by atoms with E-state index in [9.17, 15) is 13.2 Å². The Bertz CT molecular complexity index is 788. The van der Waals surface area contributed by atoms with Crippen LogP contribution in [0.5, 0.6) is 0 Å². The van der Waals surface area contributed by atoms with Gasteiger partial charge in [0.15, 0.2) is 9.84 Å². The normalized spacial score (nSPS) is 11.8. The van der Waals surface area contributed by atoms with Crippen LogP contribution < -0.4 is 5.32 Å². The van der Waals surface area contributed by atoms with Crippen molar-refractivity contribution < 1.29 is 13.2 Å². The summed E-state index contributed by atoms with van der Waals surface area (Å²) in [7, 11) is -3.45. The highest BCUT2D eigenvalue weighted by molar-refractivity contribution is 7.92. The molecule has 0 saturated heterocycles. The molecule has 0 unspecified atom stereocenters. The van der Waals surface area contributed by atoms with Crippen molar-refractivity contribution >= 4 is 43.8 Å². The first-order valence-electron chi connectivity index (χ1n) is 6.35. The van der Waals surface area contributed by atoms with Crippen molar-refractivity contribution in [2.75, 3.05) is 11.1 Å². The molecule has 2 rings (SSSR count). The van der Waals surface area contributed by atoms with Crippen molar-refractivity contribution in [1.82, 2.24) is 4.98 Å². The second kappa shape index (κ2) is 5.99.